The standard InChI is InChI=1S/C55H74O2/c1-39(2)19-12-20-40(3)21-13-22-41(4)23-14-24-42(5)25-15-26-43(6)27-16-28-44(7)29-17-30-45(8)31-18-32-46-35-36-55-51-38-47(37-50(46)51)54(55,9)52(56)48-33-10-11-34-49(48)53(55)57/h10-11,19,21,23,25,27,29,31,33-35,37,47,51H,12-18,20,22,24,26,28,30,32,36,38H2,1-9H3/b40-21+,41-23+,42-25+,43-27+,44-29+,45-31+. The van der Waals surface area contributed by atoms with E-state index in [0.29, 0.717) is 17.5 Å². The molecule has 0 aromatic heterocycles. The Morgan fingerprint density at radius 3 is 1.42 bits per heavy atom. The lowest BCUT2D eigenvalue weighted by Gasteiger charge is -2.53. The summed E-state index contributed by atoms with van der Waals surface area (Å²) in [5, 5.41) is 0. The van der Waals surface area contributed by atoms with Crippen molar-refractivity contribution in [3.8, 4) is 0 Å². The monoisotopic (exact) mass is 767 g/mol. The molecule has 1 spiro atoms. The van der Waals surface area contributed by atoms with Gasteiger partial charge in [0.2, 0.25) is 0 Å². The van der Waals surface area contributed by atoms with Crippen LogP contribution in [0.15, 0.2) is 129 Å². The SMILES string of the molecule is CC(C)=CCC/C(C)=C/CC/C(C)=C/CC/C(C)=C/CC/C(C)=C/CC/C(C)=C/CC/C(C)=C/CCC1=CCC23C(=O)c4ccccc4C(=O)C2(C)C2C=C1C3C2. The second-order valence-corrected chi connectivity index (χ2v) is 18.7. The third-order valence-corrected chi connectivity index (χ3v) is 14.0. The number of allylic oxidation sites excluding steroid dienone is 18. The van der Waals surface area contributed by atoms with Crippen molar-refractivity contribution in [1.29, 1.82) is 0 Å². The van der Waals surface area contributed by atoms with Crippen molar-refractivity contribution >= 4 is 11.6 Å². The number of hydrogen-bond donors (Lipinski definition) is 0. The van der Waals surface area contributed by atoms with Crippen LogP contribution in [0.5, 0.6) is 0 Å². The van der Waals surface area contributed by atoms with Crippen molar-refractivity contribution in [3.05, 3.63) is 140 Å². The Morgan fingerprint density at radius 1 is 0.579 bits per heavy atom. The zero-order chi connectivity index (χ0) is 41.2. The van der Waals surface area contributed by atoms with E-state index in [1.54, 1.807) is 0 Å². The van der Waals surface area contributed by atoms with Crippen LogP contribution in [0.1, 0.15) is 186 Å². The molecule has 1 aromatic rings. The van der Waals surface area contributed by atoms with Crippen LogP contribution in [0.4, 0.5) is 0 Å². The van der Waals surface area contributed by atoms with Gasteiger partial charge in [0, 0.05) is 11.1 Å². The third kappa shape index (κ3) is 10.5. The lowest BCUT2D eigenvalue weighted by atomic mass is 9.46. The van der Waals surface area contributed by atoms with Gasteiger partial charge in [-0.15, -0.1) is 0 Å². The van der Waals surface area contributed by atoms with Crippen LogP contribution in [0, 0.1) is 22.7 Å². The first-order chi connectivity index (χ1) is 27.3. The summed E-state index contributed by atoms with van der Waals surface area (Å²) in [4.78, 5) is 28.0. The van der Waals surface area contributed by atoms with Crippen molar-refractivity contribution in [3.63, 3.8) is 0 Å². The average Bonchev–Trinajstić information content (AvgIpc) is 3.74. The molecule has 306 valence electrons. The fourth-order valence-electron chi connectivity index (χ4n) is 10.3. The normalized spacial score (nSPS) is 25.1. The zero-order valence-corrected chi connectivity index (χ0v) is 37.3. The van der Waals surface area contributed by atoms with Gasteiger partial charge in [-0.05, 0) is 181 Å². The summed E-state index contributed by atoms with van der Waals surface area (Å²) in [6.45, 7) is 20.2. The number of hydrogen-bond acceptors (Lipinski definition) is 2. The minimum absolute atomic E-state index is 0.159. The Bertz CT molecular complexity index is 1920. The fraction of sp³-hybridized carbons (Fsp3) is 0.527. The van der Waals surface area contributed by atoms with Crippen molar-refractivity contribution < 1.29 is 9.59 Å². The van der Waals surface area contributed by atoms with E-state index in [4.69, 9.17) is 0 Å². The topological polar surface area (TPSA) is 34.1 Å². The van der Waals surface area contributed by atoms with Gasteiger partial charge < -0.3 is 0 Å². The molecule has 5 rings (SSSR count). The molecule has 57 heavy (non-hydrogen) atoms. The predicted octanol–water partition coefficient (Wildman–Crippen LogP) is 16.1. The van der Waals surface area contributed by atoms with Gasteiger partial charge >= 0.3 is 0 Å². The van der Waals surface area contributed by atoms with Crippen LogP contribution in [-0.4, -0.2) is 11.6 Å². The molecule has 2 heteroatoms. The molecule has 4 atom stereocenters. The number of fused-ring (bicyclic) bond motifs is 3. The van der Waals surface area contributed by atoms with Gasteiger partial charge in [0.1, 0.15) is 0 Å². The molecule has 4 aliphatic carbocycles. The molecule has 0 amide bonds. The Morgan fingerprint density at radius 2 is 0.982 bits per heavy atom. The summed E-state index contributed by atoms with van der Waals surface area (Å²) in [6, 6.07) is 7.53. The number of Topliss-reactive ketones (excluding diaryl/α,β-unsaturated/α-hetero) is 2. The van der Waals surface area contributed by atoms with Gasteiger partial charge in [-0.1, -0.05) is 125 Å². The van der Waals surface area contributed by atoms with Gasteiger partial charge in [-0.2, -0.15) is 0 Å². The Hall–Kier alpha value is -3.78. The maximum absolute atomic E-state index is 14.1. The highest BCUT2D eigenvalue weighted by Crippen LogP contribution is 2.73. The largest absolute Gasteiger partial charge is 0.293 e. The first kappa shape index (κ1) is 44.3. The van der Waals surface area contributed by atoms with E-state index in [1.807, 2.05) is 24.3 Å². The molecule has 1 fully saturated rings. The van der Waals surface area contributed by atoms with Crippen molar-refractivity contribution in [2.75, 3.05) is 0 Å². The molecule has 0 radical (unpaired) electrons. The number of benzene rings is 1. The van der Waals surface area contributed by atoms with Crippen molar-refractivity contribution in [2.24, 2.45) is 22.7 Å². The van der Waals surface area contributed by atoms with Crippen LogP contribution in [0.25, 0.3) is 0 Å². The average molecular weight is 767 g/mol. The second kappa shape index (κ2) is 20.3. The van der Waals surface area contributed by atoms with Crippen LogP contribution >= 0.6 is 0 Å². The van der Waals surface area contributed by atoms with E-state index in [1.165, 1.54) is 63.0 Å². The Labute approximate surface area is 347 Å². The van der Waals surface area contributed by atoms with E-state index < -0.39 is 10.8 Å². The Balaban J connectivity index is 0.966. The first-order valence-corrected chi connectivity index (χ1v) is 22.4. The third-order valence-electron chi connectivity index (χ3n) is 14.0. The molecular weight excluding hydrogens is 693 g/mol. The minimum atomic E-state index is -0.622. The van der Waals surface area contributed by atoms with Gasteiger partial charge in [0.15, 0.2) is 11.6 Å². The van der Waals surface area contributed by atoms with E-state index in [0.717, 1.165) is 83.5 Å². The molecule has 1 saturated carbocycles. The van der Waals surface area contributed by atoms with Gasteiger partial charge in [-0.3, -0.25) is 9.59 Å². The number of rotatable bonds is 21. The summed E-state index contributed by atoms with van der Waals surface area (Å²) in [5.41, 5.74) is 13.3. The molecule has 1 aromatic carbocycles. The Kier molecular flexibility index (Phi) is 15.8. The van der Waals surface area contributed by atoms with Gasteiger partial charge in [0.05, 0.1) is 10.8 Å². The highest BCUT2D eigenvalue weighted by molar-refractivity contribution is 6.20. The number of carbonyl (C=O) groups excluding carboxylic acids is 2. The molecule has 4 unspecified atom stereocenters. The van der Waals surface area contributed by atoms with Crippen LogP contribution in [-0.2, 0) is 0 Å². The second-order valence-electron chi connectivity index (χ2n) is 18.7. The van der Waals surface area contributed by atoms with E-state index in [2.05, 4.69) is 117 Å². The van der Waals surface area contributed by atoms with Crippen LogP contribution in [0.3, 0.4) is 0 Å². The zero-order valence-electron chi connectivity index (χ0n) is 37.3. The first-order valence-electron chi connectivity index (χ1n) is 22.4. The van der Waals surface area contributed by atoms with Crippen molar-refractivity contribution in [2.45, 2.75) is 165 Å². The number of carbonyl (C=O) groups is 2. The fourth-order valence-corrected chi connectivity index (χ4v) is 10.3. The summed E-state index contributed by atoms with van der Waals surface area (Å²) in [7, 11) is 0. The molecule has 4 aliphatic rings. The lowest BCUT2D eigenvalue weighted by molar-refractivity contribution is 0.0215. The summed E-state index contributed by atoms with van der Waals surface area (Å²) in [5.74, 6) is 0.726. The molecule has 2 nitrogen and oxygen atoms in total. The maximum atomic E-state index is 14.1. The van der Waals surface area contributed by atoms with Crippen molar-refractivity contribution in [1.82, 2.24) is 0 Å². The smallest absolute Gasteiger partial charge is 0.171 e. The molecule has 0 saturated heterocycles. The molecular formula is C55H74O2. The van der Waals surface area contributed by atoms with E-state index >= 15 is 0 Å². The van der Waals surface area contributed by atoms with E-state index in [-0.39, 0.29) is 23.4 Å². The molecule has 0 aliphatic heterocycles. The lowest BCUT2D eigenvalue weighted by Crippen LogP contribution is -2.58. The molecule has 0 N–H and O–H groups in total. The number of ketones is 2. The molecule has 2 bridgehead atoms. The summed E-state index contributed by atoms with van der Waals surface area (Å²) in [6.07, 6.45) is 39.1. The highest BCUT2D eigenvalue weighted by Gasteiger charge is 2.74. The highest BCUT2D eigenvalue weighted by atomic mass is 16.1. The summed E-state index contributed by atoms with van der Waals surface area (Å²) >= 11 is 0. The predicted molar refractivity (Wildman–Crippen MR) is 245 cm³/mol. The van der Waals surface area contributed by atoms with Crippen LogP contribution in [0.2, 0.25) is 0 Å². The summed E-state index contributed by atoms with van der Waals surface area (Å²) < 4.78 is 0. The van der Waals surface area contributed by atoms with Crippen LogP contribution < -0.4 is 0 Å². The van der Waals surface area contributed by atoms with Gasteiger partial charge in [-0.25, -0.2) is 0 Å². The maximum Gasteiger partial charge on any atom is 0.171 e. The minimum Gasteiger partial charge on any atom is -0.293 e. The quantitative estimate of drug-likeness (QED) is 0.117. The van der Waals surface area contributed by atoms with E-state index in [9.17, 15) is 9.59 Å². The molecule has 0 heterocycles. The van der Waals surface area contributed by atoms with Gasteiger partial charge in [0.25, 0.3) is 0 Å².